The second kappa shape index (κ2) is 25.2. The summed E-state index contributed by atoms with van der Waals surface area (Å²) < 4.78 is 98.8. The van der Waals surface area contributed by atoms with Crippen LogP contribution in [0.2, 0.25) is 0 Å². The Hall–Kier alpha value is -8.73. The topological polar surface area (TPSA) is 221 Å². The van der Waals surface area contributed by atoms with Crippen molar-refractivity contribution >= 4 is 17.6 Å². The van der Waals surface area contributed by atoms with Crippen LogP contribution in [0.25, 0.3) is 0 Å². The molecule has 85 heavy (non-hydrogen) atoms. The van der Waals surface area contributed by atoms with Crippen LogP contribution in [0.5, 0.6) is 11.5 Å². The molecule has 2 aliphatic rings. The van der Waals surface area contributed by atoms with Gasteiger partial charge in [-0.3, -0.25) is 13.9 Å². The van der Waals surface area contributed by atoms with Crippen LogP contribution in [0.15, 0.2) is 204 Å². The van der Waals surface area contributed by atoms with Crippen molar-refractivity contribution in [1.82, 2.24) is 19.1 Å². The molecule has 17 nitrogen and oxygen atoms in total. The van der Waals surface area contributed by atoms with Crippen molar-refractivity contribution in [2.24, 2.45) is 5.92 Å². The highest BCUT2D eigenvalue weighted by atomic mass is 19.3. The van der Waals surface area contributed by atoms with Crippen LogP contribution < -0.4 is 31.9 Å². The number of aromatic nitrogens is 4. The van der Waals surface area contributed by atoms with Gasteiger partial charge in [0.25, 0.3) is 0 Å². The molecule has 0 bridgehead atoms. The summed E-state index contributed by atoms with van der Waals surface area (Å²) in [6.07, 6.45) is -12.0. The molecule has 8 atom stereocenters. The molecule has 2 fully saturated rings. The molecule has 10 rings (SSSR count). The van der Waals surface area contributed by atoms with E-state index in [1.54, 1.807) is 101 Å². The molecule has 0 saturated carbocycles. The summed E-state index contributed by atoms with van der Waals surface area (Å²) >= 11 is 0. The molecule has 2 aliphatic heterocycles. The number of esters is 1. The Labute approximate surface area is 487 Å². The number of aliphatic hydroxyl groups excluding tert-OH is 2. The molecular weight excluding hydrogens is 1100 g/mol. The van der Waals surface area contributed by atoms with Crippen molar-refractivity contribution in [1.29, 1.82) is 0 Å². The molecule has 4 heterocycles. The zero-order valence-electron chi connectivity index (χ0n) is 47.1. The van der Waals surface area contributed by atoms with Crippen molar-refractivity contribution in [2.45, 2.75) is 99.8 Å². The second-order valence-corrected chi connectivity index (χ2v) is 20.8. The van der Waals surface area contributed by atoms with Crippen molar-refractivity contribution in [2.75, 3.05) is 25.3 Å². The van der Waals surface area contributed by atoms with Gasteiger partial charge < -0.3 is 49.7 Å². The molecule has 8 aromatic rings. The molecule has 0 radical (unpaired) electrons. The molecule has 0 aliphatic carbocycles. The number of anilines is 2. The van der Waals surface area contributed by atoms with Crippen molar-refractivity contribution < 1.29 is 61.0 Å². The van der Waals surface area contributed by atoms with E-state index in [9.17, 15) is 33.4 Å². The standard InChI is InChI=1S/C50H45F2N3O6.C14H19F2N3O5/c1-34(56)44-45(61-49(38-20-12-6-13-21-38,39-22-14-7-15-23-39)40-26-30-42(59-3)31-27-40)50(51,52)46(60-44)55-33-32-43(53-47(55)57)54-48(35-16-8-4-9-17-35,36-18-10-5-11-19-36)37-24-28-41(58-2)29-25-37;1-6(2)11(21)23-7(3)9-10(20)14(15,16)12(24-9)19-5-4-8(17)18-13(19)22/h4-34,44-46,56H,1-3H3,(H,53,54,57);4-7,9-10,12,20H,1-3H3,(H2,17,18,22)/t34?,44-,45-,46-;7?,9-,10-,12-/m11/s1. The number of carbonyl (C=O) groups is 1. The van der Waals surface area contributed by atoms with Crippen LogP contribution >= 0.6 is 0 Å². The normalized spacial score (nSPS) is 20.6. The third-order valence-electron chi connectivity index (χ3n) is 14.9. The summed E-state index contributed by atoms with van der Waals surface area (Å²) in [7, 11) is 3.13. The predicted octanol–water partition coefficient (Wildman–Crippen LogP) is 9.26. The minimum atomic E-state index is -3.88. The predicted molar refractivity (Wildman–Crippen MR) is 307 cm³/mol. The number of nitrogens with two attached hydrogens (primary N) is 1. The quantitative estimate of drug-likeness (QED) is 0.0357. The van der Waals surface area contributed by atoms with Gasteiger partial charge >= 0.3 is 29.2 Å². The van der Waals surface area contributed by atoms with Crippen molar-refractivity contribution in [3.05, 3.63) is 249 Å². The number of halogens is 4. The van der Waals surface area contributed by atoms with Gasteiger partial charge in [0.05, 0.1) is 26.2 Å². The SMILES string of the molecule is CC(C)C(=O)OC(C)[C@H]1O[C@@H](n2ccc(N)nc2=O)C(F)(F)[C@@H]1O.COc1ccc(C(Nc2ccn([C@@H]3O[C@H](C(C)O)[C@@H](OC(c4ccccc4)(c4ccccc4)c4ccc(OC)cc4)C3(F)F)c(=O)n2)(c2ccccc2)c2ccccc2)cc1. The summed E-state index contributed by atoms with van der Waals surface area (Å²) in [4.78, 5) is 45.2. The van der Waals surface area contributed by atoms with Gasteiger partial charge in [0.15, 0.2) is 12.2 Å². The van der Waals surface area contributed by atoms with Crippen LogP contribution in [-0.2, 0) is 34.9 Å². The Morgan fingerprint density at radius 3 is 1.46 bits per heavy atom. The number of rotatable bonds is 18. The highest BCUT2D eigenvalue weighted by Gasteiger charge is 2.65. The number of aliphatic hydroxyl groups is 2. The molecule has 5 N–H and O–H groups in total. The zero-order chi connectivity index (χ0) is 60.8. The molecule has 0 amide bonds. The lowest BCUT2D eigenvalue weighted by Crippen LogP contribution is -2.50. The third kappa shape index (κ3) is 12.0. The zero-order valence-corrected chi connectivity index (χ0v) is 47.1. The molecule has 2 saturated heterocycles. The van der Waals surface area contributed by atoms with Crippen molar-refractivity contribution in [3.8, 4) is 11.5 Å². The number of methoxy groups -OCH3 is 2. The molecule has 0 spiro atoms. The highest BCUT2D eigenvalue weighted by molar-refractivity contribution is 5.71. The van der Waals surface area contributed by atoms with Gasteiger partial charge in [-0.2, -0.15) is 27.5 Å². The van der Waals surface area contributed by atoms with E-state index in [1.165, 1.54) is 26.1 Å². The Balaban J connectivity index is 0.000000302. The fourth-order valence-electron chi connectivity index (χ4n) is 10.6. The monoisotopic (exact) mass is 1170 g/mol. The number of nitrogen functional groups attached to an aromatic ring is 1. The van der Waals surface area contributed by atoms with E-state index < -0.39 is 95.3 Å². The maximum Gasteiger partial charge on any atom is 0.351 e. The van der Waals surface area contributed by atoms with Crippen LogP contribution in [0.1, 0.15) is 73.5 Å². The first-order chi connectivity index (χ1) is 40.7. The smallest absolute Gasteiger partial charge is 0.351 e. The maximum absolute atomic E-state index is 17.4. The number of nitrogens with one attached hydrogen (secondary N) is 1. The lowest BCUT2D eigenvalue weighted by atomic mass is 9.77. The fourth-order valence-corrected chi connectivity index (χ4v) is 10.6. The first-order valence-electron chi connectivity index (χ1n) is 27.2. The van der Waals surface area contributed by atoms with Gasteiger partial charge in [-0.15, -0.1) is 0 Å². The van der Waals surface area contributed by atoms with Crippen molar-refractivity contribution in [3.63, 3.8) is 0 Å². The number of hydrogen-bond donors (Lipinski definition) is 4. The second-order valence-electron chi connectivity index (χ2n) is 20.8. The molecule has 2 aromatic heterocycles. The lowest BCUT2D eigenvalue weighted by molar-refractivity contribution is -0.182. The van der Waals surface area contributed by atoms with E-state index in [4.69, 9.17) is 34.2 Å². The fraction of sp³-hybridized carbons (Fsp3) is 0.297. The number of hydrogen-bond acceptors (Lipinski definition) is 15. The van der Waals surface area contributed by atoms with Gasteiger partial charge in [0, 0.05) is 12.4 Å². The Kier molecular flexibility index (Phi) is 18.1. The van der Waals surface area contributed by atoms with Gasteiger partial charge in [0.1, 0.15) is 52.6 Å². The Morgan fingerprint density at radius 2 is 1.01 bits per heavy atom. The van der Waals surface area contributed by atoms with Crippen LogP contribution in [0.3, 0.4) is 0 Å². The number of alkyl halides is 4. The minimum absolute atomic E-state index is 0.123. The van der Waals surface area contributed by atoms with Crippen LogP contribution in [0, 0.1) is 5.92 Å². The molecule has 21 heteroatoms. The van der Waals surface area contributed by atoms with E-state index in [-0.39, 0.29) is 11.6 Å². The average molecular weight is 1170 g/mol. The summed E-state index contributed by atoms with van der Waals surface area (Å²) in [5, 5.41) is 24.5. The van der Waals surface area contributed by atoms with E-state index in [1.807, 2.05) is 97.1 Å². The van der Waals surface area contributed by atoms with E-state index in [0.717, 1.165) is 33.5 Å². The largest absolute Gasteiger partial charge is 0.497 e. The summed E-state index contributed by atoms with van der Waals surface area (Å²) in [6, 6.07) is 54.6. The molecule has 444 valence electrons. The molecule has 2 unspecified atom stereocenters. The maximum atomic E-state index is 17.4. The van der Waals surface area contributed by atoms with Gasteiger partial charge in [-0.05, 0) is 83.6 Å². The molecular formula is C64H64F4N6O11. The van der Waals surface area contributed by atoms with E-state index in [2.05, 4.69) is 15.3 Å². The number of nitrogens with zero attached hydrogens (tertiary/aromatic N) is 4. The first kappa shape index (κ1) is 60.8. The van der Waals surface area contributed by atoms with Gasteiger partial charge in [-0.25, -0.2) is 9.59 Å². The average Bonchev–Trinajstić information content (AvgIpc) is 2.13. The van der Waals surface area contributed by atoms with E-state index in [0.29, 0.717) is 32.8 Å². The lowest BCUT2D eigenvalue weighted by Gasteiger charge is -2.40. The van der Waals surface area contributed by atoms with Crippen LogP contribution in [0.4, 0.5) is 29.2 Å². The minimum Gasteiger partial charge on any atom is -0.497 e. The Morgan fingerprint density at radius 1 is 0.600 bits per heavy atom. The third-order valence-corrected chi connectivity index (χ3v) is 14.9. The number of ether oxygens (including phenoxy) is 6. The first-order valence-corrected chi connectivity index (χ1v) is 27.2. The van der Waals surface area contributed by atoms with Crippen LogP contribution in [-0.4, -0.2) is 98.0 Å². The molecule has 6 aromatic carbocycles. The number of carbonyl (C=O) groups excluding carboxylic acids is 1. The summed E-state index contributed by atoms with van der Waals surface area (Å²) in [5.74, 6) is -7.54. The summed E-state index contributed by atoms with van der Waals surface area (Å²) in [5.41, 5.74) is 4.66. The summed E-state index contributed by atoms with van der Waals surface area (Å²) in [6.45, 7) is 5.85. The van der Waals surface area contributed by atoms with E-state index >= 15 is 8.78 Å². The highest BCUT2D eigenvalue weighted by Crippen LogP contribution is 2.51. The number of benzene rings is 6. The Bertz CT molecular complexity index is 3560. The van der Waals surface area contributed by atoms with Gasteiger partial charge in [-0.1, -0.05) is 159 Å². The van der Waals surface area contributed by atoms with Gasteiger partial charge in [0.2, 0.25) is 12.5 Å².